The van der Waals surface area contributed by atoms with Gasteiger partial charge in [0.2, 0.25) is 0 Å². The Labute approximate surface area is 133 Å². The van der Waals surface area contributed by atoms with Crippen LogP contribution in [0, 0.1) is 5.82 Å². The van der Waals surface area contributed by atoms with Gasteiger partial charge in [0, 0.05) is 5.56 Å². The van der Waals surface area contributed by atoms with Gasteiger partial charge in [-0.05, 0) is 12.1 Å². The number of hydrogen-bond acceptors (Lipinski definition) is 1. The van der Waals surface area contributed by atoms with Crippen LogP contribution >= 0.6 is 58.0 Å². The molecule has 0 atom stereocenters. The van der Waals surface area contributed by atoms with Crippen LogP contribution in [-0.2, 0) is 0 Å². The first kappa shape index (κ1) is 15.0. The molecule has 0 saturated carbocycles. The Hall–Kier alpha value is -0.380. The quantitative estimate of drug-likeness (QED) is 0.457. The van der Waals surface area contributed by atoms with Gasteiger partial charge in [0.1, 0.15) is 11.6 Å². The van der Waals surface area contributed by atoms with Crippen LogP contribution < -0.4 is 0 Å². The molecule has 0 amide bonds. The minimum Gasteiger partial charge on any atom is -0.507 e. The third-order valence-electron chi connectivity index (χ3n) is 2.45. The maximum Gasteiger partial charge on any atom is 0.134 e. The van der Waals surface area contributed by atoms with Gasteiger partial charge in [-0.3, -0.25) is 0 Å². The number of phenols is 1. The fourth-order valence-electron chi connectivity index (χ4n) is 1.58. The minimum atomic E-state index is -0.710. The second-order valence-corrected chi connectivity index (χ2v) is 5.47. The maximum absolute atomic E-state index is 13.9. The van der Waals surface area contributed by atoms with Gasteiger partial charge < -0.3 is 5.11 Å². The molecule has 0 saturated heterocycles. The number of phenolic OH excluding ortho intramolecular Hbond substituents is 1. The molecule has 2 rings (SSSR count). The van der Waals surface area contributed by atoms with Crippen LogP contribution in [0.3, 0.4) is 0 Å². The minimum absolute atomic E-state index is 0.00154. The fraction of sp³-hybridized carbons (Fsp3) is 0. The van der Waals surface area contributed by atoms with Crippen molar-refractivity contribution in [3.05, 3.63) is 49.1 Å². The summed E-state index contributed by atoms with van der Waals surface area (Å²) in [5.74, 6) is -1.04. The standard InChI is InChI=1S/C12H4Cl5FO/c13-8-7(6-4(18)2-1-3-5(6)19)9(14)11(16)12(17)10(8)15/h1-3,19H. The van der Waals surface area contributed by atoms with Crippen LogP contribution in [0.15, 0.2) is 18.2 Å². The van der Waals surface area contributed by atoms with Gasteiger partial charge in [-0.2, -0.15) is 0 Å². The van der Waals surface area contributed by atoms with Gasteiger partial charge in [0.15, 0.2) is 0 Å². The normalized spacial score (nSPS) is 10.8. The van der Waals surface area contributed by atoms with E-state index in [0.717, 1.165) is 6.07 Å². The summed E-state index contributed by atoms with van der Waals surface area (Å²) < 4.78 is 13.9. The third kappa shape index (κ3) is 2.48. The van der Waals surface area contributed by atoms with Crippen molar-refractivity contribution >= 4 is 58.0 Å². The van der Waals surface area contributed by atoms with Crippen molar-refractivity contribution in [3.8, 4) is 16.9 Å². The predicted octanol–water partition coefficient (Wildman–Crippen LogP) is 6.47. The zero-order valence-corrected chi connectivity index (χ0v) is 12.7. The Morgan fingerprint density at radius 1 is 0.737 bits per heavy atom. The first-order chi connectivity index (χ1) is 8.86. The van der Waals surface area contributed by atoms with E-state index in [-0.39, 0.29) is 42.0 Å². The van der Waals surface area contributed by atoms with Crippen molar-refractivity contribution in [3.63, 3.8) is 0 Å². The first-order valence-corrected chi connectivity index (χ1v) is 6.74. The molecule has 0 radical (unpaired) electrons. The van der Waals surface area contributed by atoms with E-state index >= 15 is 0 Å². The molecule has 1 nitrogen and oxygen atoms in total. The molecule has 2 aromatic carbocycles. The highest BCUT2D eigenvalue weighted by Gasteiger charge is 2.24. The molecule has 0 aliphatic heterocycles. The van der Waals surface area contributed by atoms with Crippen LogP contribution in [0.25, 0.3) is 11.1 Å². The van der Waals surface area contributed by atoms with Gasteiger partial charge in [-0.15, -0.1) is 0 Å². The van der Waals surface area contributed by atoms with Gasteiger partial charge in [-0.25, -0.2) is 4.39 Å². The zero-order valence-electron chi connectivity index (χ0n) is 8.95. The lowest BCUT2D eigenvalue weighted by Crippen LogP contribution is -1.90. The lowest BCUT2D eigenvalue weighted by Gasteiger charge is -2.14. The van der Waals surface area contributed by atoms with Crippen molar-refractivity contribution in [2.45, 2.75) is 0 Å². The Balaban J connectivity index is 2.92. The molecular formula is C12H4Cl5FO. The maximum atomic E-state index is 13.9. The monoisotopic (exact) mass is 358 g/mol. The van der Waals surface area contributed by atoms with E-state index in [9.17, 15) is 9.50 Å². The molecular weight excluding hydrogens is 356 g/mol. The summed E-state index contributed by atoms with van der Waals surface area (Å²) >= 11 is 29.7. The van der Waals surface area contributed by atoms with E-state index in [1.807, 2.05) is 0 Å². The van der Waals surface area contributed by atoms with Crippen molar-refractivity contribution in [1.29, 1.82) is 0 Å². The van der Waals surface area contributed by atoms with E-state index in [4.69, 9.17) is 58.0 Å². The largest absolute Gasteiger partial charge is 0.507 e. The van der Waals surface area contributed by atoms with Gasteiger partial charge in [0.05, 0.1) is 30.7 Å². The molecule has 0 fully saturated rings. The van der Waals surface area contributed by atoms with Crippen LogP contribution in [0.4, 0.5) is 4.39 Å². The Morgan fingerprint density at radius 2 is 1.21 bits per heavy atom. The highest BCUT2D eigenvalue weighted by atomic mass is 35.5. The summed E-state index contributed by atoms with van der Waals surface area (Å²) in [6.45, 7) is 0. The number of benzene rings is 2. The summed E-state index contributed by atoms with van der Waals surface area (Å²) in [5.41, 5.74) is -0.184. The van der Waals surface area contributed by atoms with Crippen molar-refractivity contribution < 1.29 is 9.50 Å². The van der Waals surface area contributed by atoms with Gasteiger partial charge >= 0.3 is 0 Å². The average Bonchev–Trinajstić information content (AvgIpc) is 2.37. The summed E-state index contributed by atoms with van der Waals surface area (Å²) in [7, 11) is 0. The molecule has 0 unspecified atom stereocenters. The summed E-state index contributed by atoms with van der Waals surface area (Å²) in [4.78, 5) is 0. The lowest BCUT2D eigenvalue weighted by atomic mass is 10.0. The van der Waals surface area contributed by atoms with Crippen LogP contribution in [0.2, 0.25) is 25.1 Å². The van der Waals surface area contributed by atoms with Gasteiger partial charge in [0.25, 0.3) is 0 Å². The average molecular weight is 360 g/mol. The Bertz CT molecular complexity index is 622. The van der Waals surface area contributed by atoms with E-state index in [0.29, 0.717) is 0 Å². The molecule has 2 aromatic rings. The number of hydrogen-bond donors (Lipinski definition) is 1. The van der Waals surface area contributed by atoms with E-state index < -0.39 is 5.82 Å². The van der Waals surface area contributed by atoms with Crippen LogP contribution in [0.5, 0.6) is 5.75 Å². The summed E-state index contributed by atoms with van der Waals surface area (Å²) in [5, 5.41) is 9.46. The Morgan fingerprint density at radius 3 is 1.68 bits per heavy atom. The topological polar surface area (TPSA) is 20.2 Å². The number of aromatic hydroxyl groups is 1. The van der Waals surface area contributed by atoms with Crippen molar-refractivity contribution in [2.75, 3.05) is 0 Å². The first-order valence-electron chi connectivity index (χ1n) is 4.85. The molecule has 0 aliphatic rings. The lowest BCUT2D eigenvalue weighted by molar-refractivity contribution is 0.472. The Kier molecular flexibility index (Phi) is 4.38. The molecule has 0 aromatic heterocycles. The molecule has 1 N–H and O–H groups in total. The van der Waals surface area contributed by atoms with E-state index in [2.05, 4.69) is 0 Å². The molecule has 100 valence electrons. The highest BCUT2D eigenvalue weighted by molar-refractivity contribution is 6.56. The van der Waals surface area contributed by atoms with E-state index in [1.165, 1.54) is 12.1 Å². The molecule has 0 heterocycles. The third-order valence-corrected chi connectivity index (χ3v) is 4.73. The van der Waals surface area contributed by atoms with Gasteiger partial charge in [-0.1, -0.05) is 64.1 Å². The molecule has 0 spiro atoms. The van der Waals surface area contributed by atoms with E-state index in [1.54, 1.807) is 0 Å². The SMILES string of the molecule is Oc1cccc(F)c1-c1c(Cl)c(Cl)c(Cl)c(Cl)c1Cl. The second-order valence-electron chi connectivity index (χ2n) is 3.58. The predicted molar refractivity (Wildman–Crippen MR) is 78.6 cm³/mol. The summed E-state index contributed by atoms with van der Waals surface area (Å²) in [6.07, 6.45) is 0. The smallest absolute Gasteiger partial charge is 0.134 e. The number of halogens is 6. The molecule has 0 aliphatic carbocycles. The van der Waals surface area contributed by atoms with Crippen LogP contribution in [0.1, 0.15) is 0 Å². The molecule has 7 heteroatoms. The zero-order chi connectivity index (χ0) is 14.3. The number of rotatable bonds is 1. The highest BCUT2D eigenvalue weighted by Crippen LogP contribution is 2.50. The van der Waals surface area contributed by atoms with Crippen molar-refractivity contribution in [2.24, 2.45) is 0 Å². The summed E-state index contributed by atoms with van der Waals surface area (Å²) in [6, 6.07) is 3.79. The van der Waals surface area contributed by atoms with Crippen molar-refractivity contribution in [1.82, 2.24) is 0 Å². The van der Waals surface area contributed by atoms with Crippen LogP contribution in [-0.4, -0.2) is 5.11 Å². The fourth-order valence-corrected chi connectivity index (χ4v) is 2.91. The molecule has 0 bridgehead atoms. The molecule has 19 heavy (non-hydrogen) atoms. The second kappa shape index (κ2) is 5.55.